The van der Waals surface area contributed by atoms with Crippen LogP contribution in [0.3, 0.4) is 0 Å². The molecule has 0 atom stereocenters. The molecule has 0 bridgehead atoms. The van der Waals surface area contributed by atoms with Gasteiger partial charge in [-0.1, -0.05) is 66.2 Å². The summed E-state index contributed by atoms with van der Waals surface area (Å²) < 4.78 is 41.1. The van der Waals surface area contributed by atoms with Crippen molar-refractivity contribution < 1.29 is 27.5 Å². The van der Waals surface area contributed by atoms with Crippen LogP contribution in [0.2, 0.25) is 0 Å². The fraction of sp³-hybridized carbons (Fsp3) is 0.161. The molecule has 2 heterocycles. The largest absolute Gasteiger partial charge is 0.465 e. The summed E-state index contributed by atoms with van der Waals surface area (Å²) in [5, 5.41) is 0.589. The van der Waals surface area contributed by atoms with Crippen LogP contribution in [0.15, 0.2) is 90.0 Å². The quantitative estimate of drug-likeness (QED) is 0.231. The highest BCUT2D eigenvalue weighted by Crippen LogP contribution is 2.42. The van der Waals surface area contributed by atoms with Crippen LogP contribution < -0.4 is 0 Å². The molecule has 0 aliphatic carbocycles. The van der Waals surface area contributed by atoms with Crippen molar-refractivity contribution in [3.63, 3.8) is 0 Å². The topological polar surface area (TPSA) is 96.6 Å². The molecule has 8 nitrogen and oxygen atoms in total. The number of carbonyl (C=O) groups is 2. The van der Waals surface area contributed by atoms with Crippen molar-refractivity contribution in [2.24, 2.45) is 0 Å². The third kappa shape index (κ3) is 4.28. The van der Waals surface area contributed by atoms with Gasteiger partial charge in [0.25, 0.3) is 10.0 Å². The summed E-state index contributed by atoms with van der Waals surface area (Å²) in [7, 11) is -1.51. The Morgan fingerprint density at radius 2 is 1.35 bits per heavy atom. The van der Waals surface area contributed by atoms with Crippen LogP contribution in [0.25, 0.3) is 33.4 Å². The summed E-state index contributed by atoms with van der Waals surface area (Å²) >= 11 is 0. The van der Waals surface area contributed by atoms with E-state index >= 15 is 0 Å². The third-order valence-electron chi connectivity index (χ3n) is 6.92. The highest BCUT2D eigenvalue weighted by Gasteiger charge is 2.35. The first-order valence-electron chi connectivity index (χ1n) is 12.7. The number of carbonyl (C=O) groups excluding carboxylic acids is 2. The molecule has 2 aromatic heterocycles. The second kappa shape index (κ2) is 10.5. The Kier molecular flexibility index (Phi) is 7.08. The molecule has 0 saturated carbocycles. The SMILES string of the molecule is CCn1c(-c2ccccc2)c(C(=O)OC)c(C(=O)OC)c1-c1cn(S(=O)(=O)c2ccc(C)cc2)c2ccccc12. The molecule has 0 radical (unpaired) electrons. The first-order valence-corrected chi connectivity index (χ1v) is 14.1. The maximum atomic E-state index is 13.9. The maximum absolute atomic E-state index is 13.9. The van der Waals surface area contributed by atoms with Crippen LogP contribution in [0.4, 0.5) is 0 Å². The molecule has 0 fully saturated rings. The summed E-state index contributed by atoms with van der Waals surface area (Å²) in [5.74, 6) is -1.44. The number of benzene rings is 3. The number of hydrogen-bond donors (Lipinski definition) is 0. The van der Waals surface area contributed by atoms with Crippen LogP contribution in [-0.4, -0.2) is 43.1 Å². The van der Waals surface area contributed by atoms with Gasteiger partial charge in [0.2, 0.25) is 0 Å². The van der Waals surface area contributed by atoms with Crippen molar-refractivity contribution >= 4 is 32.9 Å². The number of esters is 2. The number of ether oxygens (including phenoxy) is 2. The van der Waals surface area contributed by atoms with Crippen molar-refractivity contribution in [3.05, 3.63) is 102 Å². The van der Waals surface area contributed by atoms with Gasteiger partial charge in [0.1, 0.15) is 11.1 Å². The van der Waals surface area contributed by atoms with Crippen molar-refractivity contribution in [2.75, 3.05) is 14.2 Å². The van der Waals surface area contributed by atoms with E-state index < -0.39 is 22.0 Å². The fourth-order valence-corrected chi connectivity index (χ4v) is 6.44. The Hall–Kier alpha value is -4.63. The number of methoxy groups -OCH3 is 2. The first kappa shape index (κ1) is 27.0. The summed E-state index contributed by atoms with van der Waals surface area (Å²) in [6, 6.07) is 22.9. The van der Waals surface area contributed by atoms with Gasteiger partial charge in [0.05, 0.1) is 36.0 Å². The zero-order chi connectivity index (χ0) is 28.6. The lowest BCUT2D eigenvalue weighted by molar-refractivity contribution is 0.0558. The average Bonchev–Trinajstić information content (AvgIpc) is 3.53. The van der Waals surface area contributed by atoms with Crippen molar-refractivity contribution in [2.45, 2.75) is 25.3 Å². The summed E-state index contributed by atoms with van der Waals surface area (Å²) in [4.78, 5) is 26.8. The van der Waals surface area contributed by atoms with E-state index in [1.54, 1.807) is 48.5 Å². The summed E-state index contributed by atoms with van der Waals surface area (Å²) in [6.07, 6.45) is 1.50. The highest BCUT2D eigenvalue weighted by atomic mass is 32.2. The van der Waals surface area contributed by atoms with Crippen LogP contribution in [0.5, 0.6) is 0 Å². The smallest absolute Gasteiger partial charge is 0.340 e. The van der Waals surface area contributed by atoms with E-state index in [1.807, 2.05) is 48.7 Å². The van der Waals surface area contributed by atoms with Crippen LogP contribution in [0, 0.1) is 6.92 Å². The molecule has 5 rings (SSSR count). The molecule has 40 heavy (non-hydrogen) atoms. The standard InChI is InChI=1S/C31H28N2O6S/c1-5-32-28(21-11-7-6-8-12-21)26(30(34)38-3)27(31(35)39-4)29(32)24-19-33(25-14-10-9-13-23(24)25)40(36,37)22-17-15-20(2)16-18-22/h6-19H,5H2,1-4H3. The van der Waals surface area contributed by atoms with E-state index in [0.717, 1.165) is 5.56 Å². The number of nitrogens with zero attached hydrogens (tertiary/aromatic N) is 2. The van der Waals surface area contributed by atoms with Gasteiger partial charge in [-0.15, -0.1) is 0 Å². The van der Waals surface area contributed by atoms with E-state index in [1.165, 1.54) is 24.4 Å². The summed E-state index contributed by atoms with van der Waals surface area (Å²) in [5.41, 5.74) is 3.41. The molecular formula is C31H28N2O6S. The lowest BCUT2D eigenvalue weighted by atomic mass is 10.0. The molecule has 3 aromatic carbocycles. The molecule has 9 heteroatoms. The molecule has 204 valence electrons. The number of rotatable bonds is 7. The lowest BCUT2D eigenvalue weighted by Crippen LogP contribution is -2.12. The summed E-state index contributed by atoms with van der Waals surface area (Å²) in [6.45, 7) is 4.14. The molecule has 0 saturated heterocycles. The minimum atomic E-state index is -4.00. The van der Waals surface area contributed by atoms with Crippen LogP contribution in [-0.2, 0) is 26.0 Å². The van der Waals surface area contributed by atoms with Gasteiger partial charge in [0, 0.05) is 23.7 Å². The highest BCUT2D eigenvalue weighted by molar-refractivity contribution is 7.90. The maximum Gasteiger partial charge on any atom is 0.340 e. The second-order valence-electron chi connectivity index (χ2n) is 9.21. The van der Waals surface area contributed by atoms with E-state index in [0.29, 0.717) is 40.0 Å². The molecule has 0 unspecified atom stereocenters. The van der Waals surface area contributed by atoms with Crippen LogP contribution in [0.1, 0.15) is 33.2 Å². The van der Waals surface area contributed by atoms with Gasteiger partial charge in [-0.05, 0) is 37.6 Å². The van der Waals surface area contributed by atoms with E-state index in [2.05, 4.69) is 0 Å². The molecule has 0 aliphatic heterocycles. The van der Waals surface area contributed by atoms with Crippen molar-refractivity contribution in [3.8, 4) is 22.5 Å². The Labute approximate surface area is 232 Å². The van der Waals surface area contributed by atoms with Gasteiger partial charge < -0.3 is 14.0 Å². The Morgan fingerprint density at radius 1 is 0.775 bits per heavy atom. The molecule has 0 amide bonds. The van der Waals surface area contributed by atoms with E-state index in [9.17, 15) is 18.0 Å². The molecule has 0 N–H and O–H groups in total. The monoisotopic (exact) mass is 556 g/mol. The zero-order valence-corrected chi connectivity index (χ0v) is 23.4. The predicted octanol–water partition coefficient (Wildman–Crippen LogP) is 5.92. The van der Waals surface area contributed by atoms with Crippen LogP contribution >= 0.6 is 0 Å². The van der Waals surface area contributed by atoms with E-state index in [4.69, 9.17) is 9.47 Å². The number of aromatic nitrogens is 2. The van der Waals surface area contributed by atoms with Crippen molar-refractivity contribution in [1.29, 1.82) is 0 Å². The third-order valence-corrected chi connectivity index (χ3v) is 8.60. The van der Waals surface area contributed by atoms with E-state index in [-0.39, 0.29) is 16.0 Å². The van der Waals surface area contributed by atoms with Crippen molar-refractivity contribution in [1.82, 2.24) is 8.54 Å². The van der Waals surface area contributed by atoms with Gasteiger partial charge in [-0.3, -0.25) is 0 Å². The number of hydrogen-bond acceptors (Lipinski definition) is 6. The molecule has 0 spiro atoms. The zero-order valence-electron chi connectivity index (χ0n) is 22.5. The minimum Gasteiger partial charge on any atom is -0.465 e. The predicted molar refractivity (Wildman–Crippen MR) is 153 cm³/mol. The van der Waals surface area contributed by atoms with Gasteiger partial charge >= 0.3 is 11.9 Å². The number of fused-ring (bicyclic) bond motifs is 1. The Morgan fingerprint density at radius 3 is 1.95 bits per heavy atom. The van der Waals surface area contributed by atoms with Gasteiger partial charge in [-0.2, -0.15) is 0 Å². The fourth-order valence-electron chi connectivity index (χ4n) is 5.07. The first-order chi connectivity index (χ1) is 19.2. The molecule has 5 aromatic rings. The Bertz CT molecular complexity index is 1850. The number of para-hydroxylation sites is 1. The molecule has 0 aliphatic rings. The minimum absolute atomic E-state index is 0.00527. The number of aryl methyl sites for hydroxylation is 1. The Balaban J connectivity index is 1.92. The average molecular weight is 557 g/mol. The van der Waals surface area contributed by atoms with Gasteiger partial charge in [-0.25, -0.2) is 22.0 Å². The van der Waals surface area contributed by atoms with Gasteiger partial charge in [0.15, 0.2) is 0 Å². The second-order valence-corrected chi connectivity index (χ2v) is 11.0. The molecular weight excluding hydrogens is 528 g/mol. The normalized spacial score (nSPS) is 11.5. The lowest BCUT2D eigenvalue weighted by Gasteiger charge is -2.12.